The Hall–Kier alpha value is -2.96. The highest BCUT2D eigenvalue weighted by Crippen LogP contribution is 2.11. The van der Waals surface area contributed by atoms with Gasteiger partial charge in [0.05, 0.1) is 5.69 Å². The average Bonchev–Trinajstić information content (AvgIpc) is 2.90. The fourth-order valence-corrected chi connectivity index (χ4v) is 1.56. The summed E-state index contributed by atoms with van der Waals surface area (Å²) < 4.78 is 17.7. The van der Waals surface area contributed by atoms with Crippen molar-refractivity contribution in [3.63, 3.8) is 0 Å². The first-order valence-electron chi connectivity index (χ1n) is 5.83. The number of aliphatic hydroxyl groups is 1. The molecule has 0 spiro atoms. The molecule has 0 aliphatic rings. The number of rotatable bonds is 5. The van der Waals surface area contributed by atoms with Crippen LogP contribution in [-0.2, 0) is 11.2 Å². The number of oxazole rings is 1. The molecule has 2 rings (SSSR count). The summed E-state index contributed by atoms with van der Waals surface area (Å²) in [7, 11) is 0. The molecule has 0 radical (unpaired) electrons. The topological polar surface area (TPSA) is 101 Å². The Morgan fingerprint density at radius 2 is 1.90 bits per heavy atom. The molecule has 21 heavy (non-hydrogen) atoms. The molecule has 1 aromatic carbocycles. The van der Waals surface area contributed by atoms with Crippen LogP contribution in [0.4, 0.5) is 4.39 Å². The summed E-state index contributed by atoms with van der Waals surface area (Å²) in [5, 5.41) is 17.4. The van der Waals surface area contributed by atoms with E-state index in [4.69, 9.17) is 14.6 Å². The monoisotopic (exact) mass is 291 g/mol. The molecule has 108 valence electrons. The predicted molar refractivity (Wildman–Crippen MR) is 68.4 cm³/mol. The molecule has 0 fully saturated rings. The lowest BCUT2D eigenvalue weighted by atomic mass is 10.1. The van der Waals surface area contributed by atoms with Crippen molar-refractivity contribution in [2.45, 2.75) is 6.42 Å². The number of hydrogen-bond acceptors (Lipinski definition) is 5. The molecule has 0 bridgehead atoms. The number of carbonyl (C=O) groups excluding carboxylic acids is 1. The van der Waals surface area contributed by atoms with Gasteiger partial charge in [-0.1, -0.05) is 12.1 Å². The second-order valence-electron chi connectivity index (χ2n) is 4.15. The third kappa shape index (κ3) is 3.75. The Balaban J connectivity index is 2.11. The fourth-order valence-electron chi connectivity index (χ4n) is 1.56. The number of carboxylic acid groups (broad SMARTS) is 1. The Labute approximate surface area is 118 Å². The quantitative estimate of drug-likeness (QED) is 0.497. The summed E-state index contributed by atoms with van der Waals surface area (Å²) in [5.74, 6) is -4.27. The molecule has 1 heterocycles. The van der Waals surface area contributed by atoms with Crippen LogP contribution < -0.4 is 0 Å². The van der Waals surface area contributed by atoms with Gasteiger partial charge in [0, 0.05) is 12.5 Å². The lowest BCUT2D eigenvalue weighted by Crippen LogP contribution is -2.04. The third-order valence-corrected chi connectivity index (χ3v) is 2.55. The van der Waals surface area contributed by atoms with Gasteiger partial charge in [0.15, 0.2) is 0 Å². The summed E-state index contributed by atoms with van der Waals surface area (Å²) in [5.41, 5.74) is 1.20. The van der Waals surface area contributed by atoms with E-state index in [1.54, 1.807) is 12.1 Å². The molecule has 0 unspecified atom stereocenters. The zero-order valence-electron chi connectivity index (χ0n) is 10.6. The highest BCUT2D eigenvalue weighted by Gasteiger charge is 2.15. The van der Waals surface area contributed by atoms with E-state index in [1.807, 2.05) is 0 Å². The van der Waals surface area contributed by atoms with Gasteiger partial charge < -0.3 is 14.6 Å². The summed E-state index contributed by atoms with van der Waals surface area (Å²) in [4.78, 5) is 25.8. The third-order valence-electron chi connectivity index (χ3n) is 2.55. The van der Waals surface area contributed by atoms with Gasteiger partial charge in [0.1, 0.15) is 12.1 Å². The molecule has 0 saturated heterocycles. The van der Waals surface area contributed by atoms with E-state index in [2.05, 4.69) is 4.98 Å². The van der Waals surface area contributed by atoms with Gasteiger partial charge in [-0.15, -0.1) is 0 Å². The number of allylic oxidation sites excluding steroid dienone is 1. The van der Waals surface area contributed by atoms with Crippen molar-refractivity contribution in [1.29, 1.82) is 0 Å². The van der Waals surface area contributed by atoms with E-state index < -0.39 is 17.5 Å². The predicted octanol–water partition coefficient (Wildman–Crippen LogP) is 2.11. The Morgan fingerprint density at radius 3 is 2.52 bits per heavy atom. The lowest BCUT2D eigenvalue weighted by Gasteiger charge is -1.96. The molecule has 1 aromatic heterocycles. The maximum Gasteiger partial charge on any atom is 0.371 e. The second kappa shape index (κ2) is 6.00. The van der Waals surface area contributed by atoms with Gasteiger partial charge in [0.2, 0.25) is 11.5 Å². The van der Waals surface area contributed by atoms with Crippen molar-refractivity contribution in [3.8, 4) is 0 Å². The molecule has 6 nitrogen and oxygen atoms in total. The summed E-state index contributed by atoms with van der Waals surface area (Å²) in [6.45, 7) is 0. The van der Waals surface area contributed by atoms with Gasteiger partial charge >= 0.3 is 5.97 Å². The van der Waals surface area contributed by atoms with E-state index in [1.165, 1.54) is 18.4 Å². The number of aliphatic hydroxyl groups excluding tert-OH is 1. The van der Waals surface area contributed by atoms with Crippen molar-refractivity contribution in [2.24, 2.45) is 0 Å². The average molecular weight is 291 g/mol. The van der Waals surface area contributed by atoms with Crippen LogP contribution in [0.15, 0.2) is 46.8 Å². The maximum atomic E-state index is 12.8. The number of hydrogen-bond donors (Lipinski definition) is 2. The molecule has 2 N–H and O–H groups in total. The van der Waals surface area contributed by atoms with Crippen molar-refractivity contribution in [3.05, 3.63) is 65.3 Å². The van der Waals surface area contributed by atoms with Crippen LogP contribution in [0.25, 0.3) is 0 Å². The number of benzene rings is 1. The molecule has 0 amide bonds. The zero-order chi connectivity index (χ0) is 15.4. The zero-order valence-corrected chi connectivity index (χ0v) is 10.6. The van der Waals surface area contributed by atoms with Crippen molar-refractivity contribution < 1.29 is 28.6 Å². The Morgan fingerprint density at radius 1 is 1.24 bits per heavy atom. The number of aliphatic carboxylic acids is 1. The maximum absolute atomic E-state index is 12.8. The highest BCUT2D eigenvalue weighted by molar-refractivity contribution is 6.04. The molecule has 0 atom stereocenters. The first-order chi connectivity index (χ1) is 9.95. The number of halogens is 1. The first-order valence-corrected chi connectivity index (χ1v) is 5.83. The SMILES string of the molecule is O=C(O)C(O)=CC(=O)c1nc(Cc2ccc(F)cc2)co1. The molecule has 2 aromatic rings. The van der Waals surface area contributed by atoms with Crippen molar-refractivity contribution >= 4 is 11.8 Å². The van der Waals surface area contributed by atoms with E-state index in [0.717, 1.165) is 5.56 Å². The molecular formula is C14H10FNO5. The number of carbonyl (C=O) groups is 2. The standard InChI is InChI=1S/C14H10FNO5/c15-9-3-1-8(2-4-9)5-10-7-21-13(16-10)11(17)6-12(18)14(19)20/h1-4,6-7,18H,5H2,(H,19,20). The lowest BCUT2D eigenvalue weighted by molar-refractivity contribution is -0.135. The van der Waals surface area contributed by atoms with E-state index >= 15 is 0 Å². The van der Waals surface area contributed by atoms with Gasteiger partial charge in [-0.2, -0.15) is 0 Å². The van der Waals surface area contributed by atoms with Crippen LogP contribution >= 0.6 is 0 Å². The van der Waals surface area contributed by atoms with Gasteiger partial charge in [-0.25, -0.2) is 14.2 Å². The molecule has 0 aliphatic carbocycles. The first kappa shape index (κ1) is 14.4. The van der Waals surface area contributed by atoms with E-state index in [0.29, 0.717) is 18.2 Å². The smallest absolute Gasteiger partial charge is 0.371 e. The summed E-state index contributed by atoms with van der Waals surface area (Å²) >= 11 is 0. The summed E-state index contributed by atoms with van der Waals surface area (Å²) in [6.07, 6.45) is 2.07. The van der Waals surface area contributed by atoms with E-state index in [9.17, 15) is 14.0 Å². The second-order valence-corrected chi connectivity index (χ2v) is 4.15. The number of ketones is 1. The van der Waals surface area contributed by atoms with Crippen LogP contribution in [0.1, 0.15) is 21.9 Å². The minimum atomic E-state index is -1.62. The van der Waals surface area contributed by atoms with Crippen molar-refractivity contribution in [1.82, 2.24) is 4.98 Å². The number of carboxylic acids is 1. The fraction of sp³-hybridized carbons (Fsp3) is 0.0714. The van der Waals surface area contributed by atoms with Crippen LogP contribution in [0, 0.1) is 5.82 Å². The van der Waals surface area contributed by atoms with Crippen LogP contribution in [0.5, 0.6) is 0 Å². The van der Waals surface area contributed by atoms with Gasteiger partial charge in [-0.3, -0.25) is 4.79 Å². The Bertz CT molecular complexity index is 702. The van der Waals surface area contributed by atoms with Gasteiger partial charge in [-0.05, 0) is 17.7 Å². The van der Waals surface area contributed by atoms with Crippen LogP contribution in [-0.4, -0.2) is 26.9 Å². The minimum absolute atomic E-state index is 0.325. The molecular weight excluding hydrogens is 281 g/mol. The van der Waals surface area contributed by atoms with Crippen molar-refractivity contribution in [2.75, 3.05) is 0 Å². The number of nitrogens with zero attached hydrogens (tertiary/aromatic N) is 1. The highest BCUT2D eigenvalue weighted by atomic mass is 19.1. The minimum Gasteiger partial charge on any atom is -0.502 e. The van der Waals surface area contributed by atoms with E-state index in [-0.39, 0.29) is 11.7 Å². The van der Waals surface area contributed by atoms with Crippen LogP contribution in [0.3, 0.4) is 0 Å². The molecule has 7 heteroatoms. The van der Waals surface area contributed by atoms with Gasteiger partial charge in [0.25, 0.3) is 5.89 Å². The molecule has 0 saturated carbocycles. The summed E-state index contributed by atoms with van der Waals surface area (Å²) in [6, 6.07) is 5.74. The normalized spacial score (nSPS) is 11.4. The molecule has 0 aliphatic heterocycles. The Kier molecular flexibility index (Phi) is 4.13. The number of aromatic nitrogens is 1. The van der Waals surface area contributed by atoms with Crippen LogP contribution in [0.2, 0.25) is 0 Å². The largest absolute Gasteiger partial charge is 0.502 e.